The molecule has 7 heteroatoms. The lowest BCUT2D eigenvalue weighted by Crippen LogP contribution is -2.08. The first kappa shape index (κ1) is 13.6. The number of hydrogen-bond donors (Lipinski definition) is 0. The summed E-state index contributed by atoms with van der Waals surface area (Å²) in [7, 11) is 1.20. The van der Waals surface area contributed by atoms with Crippen LogP contribution in [0.15, 0.2) is 12.1 Å². The number of nitrogens with zero attached hydrogens (tertiary/aromatic N) is 1. The number of hydrogen-bond acceptors (Lipinski definition) is 4. The van der Waals surface area contributed by atoms with Crippen molar-refractivity contribution in [2.45, 2.75) is 11.8 Å². The van der Waals surface area contributed by atoms with Crippen molar-refractivity contribution in [3.8, 4) is 0 Å². The molecule has 1 rings (SSSR count). The molecule has 0 aliphatic rings. The number of benzene rings is 1. The summed E-state index contributed by atoms with van der Waals surface area (Å²) < 4.78 is 17.6. The highest BCUT2D eigenvalue weighted by atomic mass is 79.9. The molecule has 0 radical (unpaired) electrons. The molecule has 17 heavy (non-hydrogen) atoms. The first-order valence-corrected chi connectivity index (χ1v) is 5.70. The molecule has 0 aliphatic carbocycles. The summed E-state index contributed by atoms with van der Waals surface area (Å²) >= 11 is 3.08. The maximum absolute atomic E-state index is 13.2. The normalized spacial score (nSPS) is 10.1. The predicted octanol–water partition coefficient (Wildman–Crippen LogP) is 2.34. The second-order valence-corrected chi connectivity index (χ2v) is 3.77. The van der Waals surface area contributed by atoms with E-state index in [1.54, 1.807) is 0 Å². The van der Waals surface area contributed by atoms with E-state index in [9.17, 15) is 19.3 Å². The number of carbonyl (C=O) groups excluding carboxylic acids is 1. The van der Waals surface area contributed by atoms with Crippen LogP contribution in [0.2, 0.25) is 0 Å². The van der Waals surface area contributed by atoms with Crippen LogP contribution in [0, 0.1) is 15.9 Å². The standard InChI is InChI=1S/C10H9BrFNO4/c1-17-10(14)3-6-2-7(12)4-9(13(15)16)8(6)5-11/h2,4H,3,5H2,1H3. The van der Waals surface area contributed by atoms with Gasteiger partial charge in [0.05, 0.1) is 24.5 Å². The Labute approximate surface area is 105 Å². The Bertz CT molecular complexity index is 464. The van der Waals surface area contributed by atoms with Gasteiger partial charge in [-0.2, -0.15) is 0 Å². The Morgan fingerprint density at radius 1 is 1.59 bits per heavy atom. The van der Waals surface area contributed by atoms with Gasteiger partial charge in [-0.3, -0.25) is 14.9 Å². The summed E-state index contributed by atoms with van der Waals surface area (Å²) in [6.45, 7) is 0. The van der Waals surface area contributed by atoms with E-state index >= 15 is 0 Å². The summed E-state index contributed by atoms with van der Waals surface area (Å²) in [4.78, 5) is 21.2. The molecular formula is C10H9BrFNO4. The van der Waals surface area contributed by atoms with Crippen molar-refractivity contribution in [3.63, 3.8) is 0 Å². The van der Waals surface area contributed by atoms with Gasteiger partial charge < -0.3 is 4.74 Å². The van der Waals surface area contributed by atoms with E-state index in [1.807, 2.05) is 0 Å². The molecule has 5 nitrogen and oxygen atoms in total. The van der Waals surface area contributed by atoms with Gasteiger partial charge in [-0.1, -0.05) is 15.9 Å². The number of rotatable bonds is 4. The fraction of sp³-hybridized carbons (Fsp3) is 0.300. The fourth-order valence-corrected chi connectivity index (χ4v) is 2.03. The lowest BCUT2D eigenvalue weighted by molar-refractivity contribution is -0.385. The zero-order valence-electron chi connectivity index (χ0n) is 8.91. The van der Waals surface area contributed by atoms with Crippen LogP contribution in [0.1, 0.15) is 11.1 Å². The van der Waals surface area contributed by atoms with Crippen LogP contribution < -0.4 is 0 Å². The molecule has 0 saturated carbocycles. The topological polar surface area (TPSA) is 69.4 Å². The highest BCUT2D eigenvalue weighted by Gasteiger charge is 2.20. The Kier molecular flexibility index (Phi) is 4.56. The Hall–Kier alpha value is -1.50. The minimum Gasteiger partial charge on any atom is -0.469 e. The van der Waals surface area contributed by atoms with Gasteiger partial charge in [0.2, 0.25) is 0 Å². The molecule has 0 heterocycles. The van der Waals surface area contributed by atoms with Crippen molar-refractivity contribution >= 4 is 27.6 Å². The quantitative estimate of drug-likeness (QED) is 0.370. The van der Waals surface area contributed by atoms with E-state index in [1.165, 1.54) is 7.11 Å². The van der Waals surface area contributed by atoms with Crippen molar-refractivity contribution in [1.29, 1.82) is 0 Å². The molecule has 0 spiro atoms. The highest BCUT2D eigenvalue weighted by Crippen LogP contribution is 2.27. The largest absolute Gasteiger partial charge is 0.469 e. The minimum atomic E-state index is -0.750. The summed E-state index contributed by atoms with van der Waals surface area (Å²) in [5, 5.41) is 10.9. The first-order valence-electron chi connectivity index (χ1n) is 4.58. The number of alkyl halides is 1. The van der Waals surface area contributed by atoms with E-state index in [0.29, 0.717) is 0 Å². The molecule has 0 amide bonds. The first-order chi connectivity index (χ1) is 7.99. The molecule has 0 unspecified atom stereocenters. The Morgan fingerprint density at radius 2 is 2.24 bits per heavy atom. The third kappa shape index (κ3) is 3.23. The third-order valence-electron chi connectivity index (χ3n) is 2.18. The molecule has 0 atom stereocenters. The SMILES string of the molecule is COC(=O)Cc1cc(F)cc([N+](=O)[O-])c1CBr. The number of methoxy groups -OCH3 is 1. The fourth-order valence-electron chi connectivity index (χ4n) is 1.38. The molecule has 92 valence electrons. The van der Waals surface area contributed by atoms with Gasteiger partial charge in [0, 0.05) is 10.9 Å². The summed E-state index contributed by atoms with van der Waals surface area (Å²) in [6, 6.07) is 1.93. The Morgan fingerprint density at radius 3 is 2.71 bits per heavy atom. The molecule has 1 aromatic rings. The van der Waals surface area contributed by atoms with Gasteiger partial charge in [-0.05, 0) is 11.6 Å². The summed E-state index contributed by atoms with van der Waals surface area (Å²) in [5.41, 5.74) is 0.183. The number of esters is 1. The molecule has 0 bridgehead atoms. The predicted molar refractivity (Wildman–Crippen MR) is 61.4 cm³/mol. The van der Waals surface area contributed by atoms with Gasteiger partial charge >= 0.3 is 5.97 Å². The summed E-state index contributed by atoms with van der Waals surface area (Å²) in [5.74, 6) is -1.33. The van der Waals surface area contributed by atoms with Crippen LogP contribution in [0.3, 0.4) is 0 Å². The number of halogens is 2. The second-order valence-electron chi connectivity index (χ2n) is 3.21. The van der Waals surface area contributed by atoms with Crippen molar-refractivity contribution in [2.75, 3.05) is 7.11 Å². The van der Waals surface area contributed by atoms with E-state index < -0.39 is 16.7 Å². The number of ether oxygens (including phenoxy) is 1. The van der Waals surface area contributed by atoms with Crippen LogP contribution >= 0.6 is 15.9 Å². The van der Waals surface area contributed by atoms with Crippen LogP contribution in [0.5, 0.6) is 0 Å². The van der Waals surface area contributed by atoms with Crippen molar-refractivity contribution in [3.05, 3.63) is 39.2 Å². The van der Waals surface area contributed by atoms with Gasteiger partial charge in [0.15, 0.2) is 0 Å². The average molecular weight is 306 g/mol. The van der Waals surface area contributed by atoms with Crippen LogP contribution in [0.4, 0.5) is 10.1 Å². The zero-order chi connectivity index (χ0) is 13.0. The minimum absolute atomic E-state index is 0.163. The molecular weight excluding hydrogens is 297 g/mol. The van der Waals surface area contributed by atoms with Gasteiger partial charge in [-0.25, -0.2) is 4.39 Å². The maximum Gasteiger partial charge on any atom is 0.309 e. The highest BCUT2D eigenvalue weighted by molar-refractivity contribution is 9.08. The lowest BCUT2D eigenvalue weighted by Gasteiger charge is -2.07. The Balaban J connectivity index is 3.27. The number of carbonyl (C=O) groups is 1. The zero-order valence-corrected chi connectivity index (χ0v) is 10.5. The molecule has 0 aromatic heterocycles. The van der Waals surface area contributed by atoms with Crippen molar-refractivity contribution < 1.29 is 18.8 Å². The molecule has 1 aromatic carbocycles. The summed E-state index contributed by atoms with van der Waals surface area (Å²) in [6.07, 6.45) is -0.198. The van der Waals surface area contributed by atoms with Gasteiger partial charge in [-0.15, -0.1) is 0 Å². The maximum atomic E-state index is 13.2. The molecule has 0 fully saturated rings. The van der Waals surface area contributed by atoms with Crippen LogP contribution in [0.25, 0.3) is 0 Å². The van der Waals surface area contributed by atoms with E-state index in [-0.39, 0.29) is 28.6 Å². The van der Waals surface area contributed by atoms with E-state index in [0.717, 1.165) is 12.1 Å². The monoisotopic (exact) mass is 305 g/mol. The second kappa shape index (κ2) is 5.72. The van der Waals surface area contributed by atoms with Crippen LogP contribution in [-0.2, 0) is 21.3 Å². The third-order valence-corrected chi connectivity index (χ3v) is 2.74. The van der Waals surface area contributed by atoms with Crippen molar-refractivity contribution in [2.24, 2.45) is 0 Å². The van der Waals surface area contributed by atoms with Gasteiger partial charge in [0.25, 0.3) is 5.69 Å². The molecule has 0 aliphatic heterocycles. The van der Waals surface area contributed by atoms with E-state index in [2.05, 4.69) is 20.7 Å². The van der Waals surface area contributed by atoms with E-state index in [4.69, 9.17) is 0 Å². The lowest BCUT2D eigenvalue weighted by atomic mass is 10.0. The smallest absolute Gasteiger partial charge is 0.309 e. The van der Waals surface area contributed by atoms with Crippen LogP contribution in [-0.4, -0.2) is 18.0 Å². The van der Waals surface area contributed by atoms with Gasteiger partial charge in [0.1, 0.15) is 5.82 Å². The molecule has 0 N–H and O–H groups in total. The average Bonchev–Trinajstić information content (AvgIpc) is 2.28. The number of nitro groups is 1. The molecule has 0 saturated heterocycles. The number of nitro benzene ring substituents is 1. The van der Waals surface area contributed by atoms with Crippen molar-refractivity contribution in [1.82, 2.24) is 0 Å².